The average Bonchev–Trinajstić information content (AvgIpc) is 2.57. The maximum Gasteiger partial charge on any atom is 0.315 e. The molecule has 2 aromatic rings. The number of aliphatic hydroxyl groups is 1. The maximum atomic E-state index is 13.5. The Labute approximate surface area is 138 Å². The Hall–Kier alpha value is -2.67. The van der Waals surface area contributed by atoms with E-state index in [1.165, 1.54) is 6.07 Å². The molecule has 2 amide bonds. The fraction of sp³-hybridized carbons (Fsp3) is 0.235. The molecule has 0 bridgehead atoms. The number of rotatable bonds is 7. The van der Waals surface area contributed by atoms with Crippen molar-refractivity contribution in [3.8, 4) is 5.75 Å². The van der Waals surface area contributed by atoms with Gasteiger partial charge in [0, 0.05) is 6.54 Å². The molecule has 0 fully saturated rings. The van der Waals surface area contributed by atoms with Gasteiger partial charge in [0.2, 0.25) is 0 Å². The molecule has 2 aromatic carbocycles. The molecule has 0 saturated carbocycles. The van der Waals surface area contributed by atoms with Gasteiger partial charge in [0.25, 0.3) is 0 Å². The highest BCUT2D eigenvalue weighted by Gasteiger charge is 2.18. The summed E-state index contributed by atoms with van der Waals surface area (Å²) < 4.78 is 32.4. The third-order valence-electron chi connectivity index (χ3n) is 3.19. The molecule has 0 saturated heterocycles. The predicted molar refractivity (Wildman–Crippen MR) is 84.7 cm³/mol. The van der Waals surface area contributed by atoms with Crippen molar-refractivity contribution >= 4 is 6.03 Å². The van der Waals surface area contributed by atoms with Gasteiger partial charge < -0.3 is 20.5 Å². The first-order valence-corrected chi connectivity index (χ1v) is 7.39. The van der Waals surface area contributed by atoms with Gasteiger partial charge in [-0.3, -0.25) is 0 Å². The number of hydrogen-bond donors (Lipinski definition) is 3. The van der Waals surface area contributed by atoms with Gasteiger partial charge in [0.1, 0.15) is 30.1 Å². The molecule has 0 spiro atoms. The number of para-hydroxylation sites is 1. The topological polar surface area (TPSA) is 70.6 Å². The van der Waals surface area contributed by atoms with Crippen LogP contribution in [0.15, 0.2) is 48.5 Å². The summed E-state index contributed by atoms with van der Waals surface area (Å²) in [5, 5.41) is 14.7. The summed E-state index contributed by atoms with van der Waals surface area (Å²) in [5.74, 6) is -1.04. The molecular formula is C17H18F2N2O3. The molecule has 5 nitrogen and oxygen atoms in total. The molecule has 0 aliphatic carbocycles. The number of ether oxygens (including phenoxy) is 1. The van der Waals surface area contributed by atoms with E-state index in [1.54, 1.807) is 12.1 Å². The van der Waals surface area contributed by atoms with Crippen LogP contribution in [0.3, 0.4) is 0 Å². The van der Waals surface area contributed by atoms with Gasteiger partial charge >= 0.3 is 6.03 Å². The first kappa shape index (κ1) is 17.7. The maximum absolute atomic E-state index is 13.5. The van der Waals surface area contributed by atoms with E-state index in [4.69, 9.17) is 4.74 Å². The van der Waals surface area contributed by atoms with Crippen LogP contribution in [0, 0.1) is 11.6 Å². The molecule has 2 rings (SSSR count). The number of carbonyl (C=O) groups excluding carboxylic acids is 1. The molecule has 0 aliphatic heterocycles. The van der Waals surface area contributed by atoms with Crippen LogP contribution < -0.4 is 15.4 Å². The molecule has 0 radical (unpaired) electrons. The summed E-state index contributed by atoms with van der Waals surface area (Å²) in [7, 11) is 0. The monoisotopic (exact) mass is 336 g/mol. The molecule has 0 aliphatic rings. The van der Waals surface area contributed by atoms with Gasteiger partial charge in [0.15, 0.2) is 0 Å². The zero-order chi connectivity index (χ0) is 17.4. The molecule has 24 heavy (non-hydrogen) atoms. The second kappa shape index (κ2) is 8.83. The van der Waals surface area contributed by atoms with E-state index in [1.807, 2.05) is 18.2 Å². The lowest BCUT2D eigenvalue weighted by Crippen LogP contribution is -2.39. The van der Waals surface area contributed by atoms with Crippen molar-refractivity contribution in [3.05, 3.63) is 65.7 Å². The Morgan fingerprint density at radius 1 is 1.04 bits per heavy atom. The van der Waals surface area contributed by atoms with Crippen LogP contribution in [0.2, 0.25) is 0 Å². The van der Waals surface area contributed by atoms with Crippen LogP contribution in [-0.2, 0) is 0 Å². The normalized spacial score (nSPS) is 11.6. The summed E-state index contributed by atoms with van der Waals surface area (Å²) in [4.78, 5) is 11.6. The molecule has 0 aromatic heterocycles. The Balaban J connectivity index is 1.69. The van der Waals surface area contributed by atoms with Gasteiger partial charge in [0.05, 0.1) is 12.1 Å². The van der Waals surface area contributed by atoms with Gasteiger partial charge in [-0.15, -0.1) is 0 Å². The Morgan fingerprint density at radius 3 is 2.38 bits per heavy atom. The van der Waals surface area contributed by atoms with Gasteiger partial charge in [-0.1, -0.05) is 24.3 Å². The van der Waals surface area contributed by atoms with Crippen molar-refractivity contribution in [3.63, 3.8) is 0 Å². The molecule has 1 atom stereocenters. The number of hydrogen-bond acceptors (Lipinski definition) is 3. The highest BCUT2D eigenvalue weighted by Crippen LogP contribution is 2.19. The highest BCUT2D eigenvalue weighted by atomic mass is 19.1. The number of urea groups is 1. The van der Waals surface area contributed by atoms with Crippen molar-refractivity contribution < 1.29 is 23.4 Å². The van der Waals surface area contributed by atoms with Crippen LogP contribution in [0.25, 0.3) is 0 Å². The number of benzene rings is 2. The largest absolute Gasteiger partial charge is 0.492 e. The highest BCUT2D eigenvalue weighted by molar-refractivity contribution is 5.73. The van der Waals surface area contributed by atoms with E-state index in [9.17, 15) is 18.7 Å². The smallest absolute Gasteiger partial charge is 0.315 e. The van der Waals surface area contributed by atoms with E-state index in [0.29, 0.717) is 5.75 Å². The van der Waals surface area contributed by atoms with Crippen molar-refractivity contribution in [2.75, 3.05) is 19.7 Å². The molecule has 7 heteroatoms. The summed E-state index contributed by atoms with van der Waals surface area (Å²) in [6.45, 7) is 0.191. The summed E-state index contributed by atoms with van der Waals surface area (Å²) >= 11 is 0. The molecular weight excluding hydrogens is 318 g/mol. The van der Waals surface area contributed by atoms with E-state index in [0.717, 1.165) is 12.1 Å². The lowest BCUT2D eigenvalue weighted by atomic mass is 10.1. The van der Waals surface area contributed by atoms with E-state index in [2.05, 4.69) is 10.6 Å². The number of halogens is 2. The lowest BCUT2D eigenvalue weighted by molar-refractivity contribution is 0.164. The SMILES string of the molecule is O=C(NCCOc1ccccc1)NCC(O)c1c(F)cccc1F. The fourth-order valence-corrected chi connectivity index (χ4v) is 2.03. The van der Waals surface area contributed by atoms with Crippen molar-refractivity contribution in [2.45, 2.75) is 6.10 Å². The number of nitrogens with one attached hydrogen (secondary N) is 2. The minimum Gasteiger partial charge on any atom is -0.492 e. The van der Waals surface area contributed by atoms with Crippen molar-refractivity contribution in [1.29, 1.82) is 0 Å². The number of carbonyl (C=O) groups is 1. The lowest BCUT2D eigenvalue weighted by Gasteiger charge is -2.14. The minimum absolute atomic E-state index is 0.241. The van der Waals surface area contributed by atoms with Crippen molar-refractivity contribution in [1.82, 2.24) is 10.6 Å². The minimum atomic E-state index is -1.47. The van der Waals surface area contributed by atoms with E-state index in [-0.39, 0.29) is 19.7 Å². The van der Waals surface area contributed by atoms with Gasteiger partial charge in [-0.05, 0) is 24.3 Å². The standard InChI is InChI=1S/C17H18F2N2O3/c18-13-7-4-8-14(19)16(13)15(22)11-21-17(23)20-9-10-24-12-5-2-1-3-6-12/h1-8,15,22H,9-11H2,(H2,20,21,23). The molecule has 128 valence electrons. The third kappa shape index (κ3) is 5.20. The Kier molecular flexibility index (Phi) is 6.51. The second-order valence-corrected chi connectivity index (χ2v) is 4.95. The molecule has 3 N–H and O–H groups in total. The van der Waals surface area contributed by atoms with Crippen LogP contribution >= 0.6 is 0 Å². The first-order chi connectivity index (χ1) is 11.6. The second-order valence-electron chi connectivity index (χ2n) is 4.95. The summed E-state index contributed by atoms with van der Waals surface area (Å²) in [6.07, 6.45) is -1.47. The Morgan fingerprint density at radius 2 is 1.71 bits per heavy atom. The average molecular weight is 336 g/mol. The molecule has 1 unspecified atom stereocenters. The number of aliphatic hydroxyl groups excluding tert-OH is 1. The zero-order valence-corrected chi connectivity index (χ0v) is 12.8. The van der Waals surface area contributed by atoms with Gasteiger partial charge in [-0.25, -0.2) is 13.6 Å². The van der Waals surface area contributed by atoms with Crippen LogP contribution in [-0.4, -0.2) is 30.8 Å². The van der Waals surface area contributed by atoms with E-state index >= 15 is 0 Å². The third-order valence-corrected chi connectivity index (χ3v) is 3.19. The van der Waals surface area contributed by atoms with Crippen LogP contribution in [0.4, 0.5) is 13.6 Å². The summed E-state index contributed by atoms with van der Waals surface area (Å²) in [5.41, 5.74) is -0.467. The van der Waals surface area contributed by atoms with Crippen LogP contribution in [0.1, 0.15) is 11.7 Å². The first-order valence-electron chi connectivity index (χ1n) is 7.39. The van der Waals surface area contributed by atoms with Crippen molar-refractivity contribution in [2.24, 2.45) is 0 Å². The quantitative estimate of drug-likeness (QED) is 0.680. The molecule has 0 heterocycles. The Bertz CT molecular complexity index is 648. The van der Waals surface area contributed by atoms with Gasteiger partial charge in [-0.2, -0.15) is 0 Å². The summed E-state index contributed by atoms with van der Waals surface area (Å²) in [6, 6.07) is 11.8. The predicted octanol–water partition coefficient (Wildman–Crippen LogP) is 2.38. The fourth-order valence-electron chi connectivity index (χ4n) is 2.03. The van der Waals surface area contributed by atoms with Crippen LogP contribution in [0.5, 0.6) is 5.75 Å². The van der Waals surface area contributed by atoms with E-state index < -0.39 is 29.3 Å². The zero-order valence-electron chi connectivity index (χ0n) is 12.8. The number of amides is 2.